The van der Waals surface area contributed by atoms with Crippen LogP contribution in [0.5, 0.6) is 0 Å². The number of hydrogen-bond donors (Lipinski definition) is 3. The summed E-state index contributed by atoms with van der Waals surface area (Å²) < 4.78 is 52.7. The third-order valence-electron chi connectivity index (χ3n) is 4.99. The topological polar surface area (TPSA) is 104 Å². The van der Waals surface area contributed by atoms with Crippen LogP contribution in [0.15, 0.2) is 48.5 Å². The van der Waals surface area contributed by atoms with Gasteiger partial charge in [-0.15, -0.1) is 0 Å². The van der Waals surface area contributed by atoms with Crippen LogP contribution >= 0.6 is 0 Å². The first-order valence-electron chi connectivity index (χ1n) is 9.45. The van der Waals surface area contributed by atoms with Gasteiger partial charge in [-0.3, -0.25) is 4.72 Å². The molecule has 0 bridgehead atoms. The second kappa shape index (κ2) is 8.43. The molecule has 158 valence electrons. The summed E-state index contributed by atoms with van der Waals surface area (Å²) in [5.74, 6) is 0.0517. The maximum absolute atomic E-state index is 12.2. The van der Waals surface area contributed by atoms with Gasteiger partial charge in [0.05, 0.1) is 11.5 Å². The molecular weight excluding hydrogens is 410 g/mol. The Labute approximate surface area is 173 Å². The van der Waals surface area contributed by atoms with Crippen molar-refractivity contribution < 1.29 is 16.8 Å². The fraction of sp³-hybridized carbons (Fsp3) is 0.400. The molecule has 2 atom stereocenters. The van der Waals surface area contributed by atoms with Crippen molar-refractivity contribution in [1.29, 1.82) is 0 Å². The minimum Gasteiger partial charge on any atom is -0.314 e. The summed E-state index contributed by atoms with van der Waals surface area (Å²) in [5.41, 5.74) is 3.42. The van der Waals surface area contributed by atoms with Crippen LogP contribution in [-0.4, -0.2) is 47.5 Å². The zero-order chi connectivity index (χ0) is 21.2. The predicted octanol–water partition coefficient (Wildman–Crippen LogP) is 2.11. The average molecular weight is 438 g/mol. The smallest absolute Gasteiger partial charge is 0.229 e. The lowest BCUT2D eigenvalue weighted by molar-refractivity contribution is 0.534. The van der Waals surface area contributed by atoms with E-state index in [-0.39, 0.29) is 12.0 Å². The Morgan fingerprint density at radius 3 is 2.28 bits per heavy atom. The number of rotatable bonds is 7. The summed E-state index contributed by atoms with van der Waals surface area (Å²) >= 11 is 0. The van der Waals surface area contributed by atoms with Crippen molar-refractivity contribution in [3.05, 3.63) is 54.1 Å². The Balaban J connectivity index is 1.79. The molecule has 0 radical (unpaired) electrons. The van der Waals surface area contributed by atoms with Gasteiger partial charge in [-0.25, -0.2) is 21.6 Å². The monoisotopic (exact) mass is 437 g/mol. The molecule has 0 saturated carbocycles. The van der Waals surface area contributed by atoms with Gasteiger partial charge in [0.1, 0.15) is 0 Å². The first-order valence-corrected chi connectivity index (χ1v) is 12.9. The van der Waals surface area contributed by atoms with Crippen molar-refractivity contribution in [2.45, 2.75) is 31.1 Å². The molecule has 29 heavy (non-hydrogen) atoms. The molecule has 3 rings (SSSR count). The molecule has 1 aliphatic rings. The van der Waals surface area contributed by atoms with Gasteiger partial charge in [-0.2, -0.15) is 0 Å². The molecule has 7 nitrogen and oxygen atoms in total. The molecule has 1 aliphatic heterocycles. The highest BCUT2D eigenvalue weighted by Crippen LogP contribution is 2.28. The number of anilines is 1. The summed E-state index contributed by atoms with van der Waals surface area (Å²) in [6.45, 7) is 4.64. The number of hydrogen-bond acceptors (Lipinski definition) is 5. The average Bonchev–Trinajstić information content (AvgIpc) is 3.08. The summed E-state index contributed by atoms with van der Waals surface area (Å²) in [6.07, 6.45) is 1.12. The van der Waals surface area contributed by atoms with Gasteiger partial charge in [-0.05, 0) is 42.7 Å². The maximum atomic E-state index is 12.2. The lowest BCUT2D eigenvalue weighted by Gasteiger charge is -2.22. The van der Waals surface area contributed by atoms with Crippen LogP contribution in [0.1, 0.15) is 25.3 Å². The Morgan fingerprint density at radius 1 is 0.966 bits per heavy atom. The number of nitrogens with one attached hydrogen (secondary N) is 3. The second-order valence-electron chi connectivity index (χ2n) is 7.66. The molecule has 1 heterocycles. The summed E-state index contributed by atoms with van der Waals surface area (Å²) in [4.78, 5) is 0. The fourth-order valence-electron chi connectivity index (χ4n) is 3.40. The maximum Gasteiger partial charge on any atom is 0.229 e. The van der Waals surface area contributed by atoms with Crippen LogP contribution in [0.25, 0.3) is 11.1 Å². The second-order valence-corrected chi connectivity index (χ2v) is 11.7. The highest BCUT2D eigenvalue weighted by Gasteiger charge is 2.32. The molecule has 1 fully saturated rings. The quantitative estimate of drug-likeness (QED) is 0.615. The van der Waals surface area contributed by atoms with E-state index in [4.69, 9.17) is 0 Å². The van der Waals surface area contributed by atoms with E-state index in [2.05, 4.69) is 14.8 Å². The molecule has 0 unspecified atom stereocenters. The Morgan fingerprint density at radius 2 is 1.66 bits per heavy atom. The summed E-state index contributed by atoms with van der Waals surface area (Å²) in [7, 11) is -6.67. The van der Waals surface area contributed by atoms with E-state index in [1.807, 2.05) is 30.3 Å². The molecule has 9 heteroatoms. The third-order valence-corrected chi connectivity index (χ3v) is 7.47. The fourth-order valence-corrected chi connectivity index (χ4v) is 4.90. The minimum atomic E-state index is -3.34. The van der Waals surface area contributed by atoms with Crippen LogP contribution in [-0.2, 0) is 20.0 Å². The predicted molar refractivity (Wildman–Crippen MR) is 117 cm³/mol. The molecule has 0 aromatic heterocycles. The first kappa shape index (κ1) is 21.8. The standard InChI is InChI=1S/C20H27N3O4S2/c1-14(2)29(26,27)23-20-13-21-12-19(20)16-9-7-15(8-10-16)17-5-4-6-18(11-17)22-28(3,24)25/h4-11,14,19-23H,12-13H2,1-3H3/t19-,20+/m0/s1. The van der Waals surface area contributed by atoms with E-state index in [1.54, 1.807) is 32.0 Å². The molecule has 1 saturated heterocycles. The van der Waals surface area contributed by atoms with Gasteiger partial charge < -0.3 is 5.32 Å². The van der Waals surface area contributed by atoms with Crippen molar-refractivity contribution in [3.8, 4) is 11.1 Å². The number of benzene rings is 2. The zero-order valence-corrected chi connectivity index (χ0v) is 18.3. The van der Waals surface area contributed by atoms with E-state index in [1.165, 1.54) is 0 Å². The van der Waals surface area contributed by atoms with Crippen LogP contribution in [0.2, 0.25) is 0 Å². The summed E-state index contributed by atoms with van der Waals surface area (Å²) in [5, 5.41) is 2.79. The Hall–Kier alpha value is -1.94. The van der Waals surface area contributed by atoms with Crippen molar-refractivity contribution in [3.63, 3.8) is 0 Å². The van der Waals surface area contributed by atoms with Crippen LogP contribution in [0.4, 0.5) is 5.69 Å². The SMILES string of the molecule is CC(C)S(=O)(=O)N[C@@H]1CNC[C@H]1c1ccc(-c2cccc(NS(C)(=O)=O)c2)cc1. The largest absolute Gasteiger partial charge is 0.314 e. The molecule has 2 aromatic carbocycles. The Kier molecular flexibility index (Phi) is 6.33. The van der Waals surface area contributed by atoms with Gasteiger partial charge in [0.15, 0.2) is 0 Å². The van der Waals surface area contributed by atoms with Gasteiger partial charge in [0.25, 0.3) is 0 Å². The van der Waals surface area contributed by atoms with E-state index >= 15 is 0 Å². The molecule has 0 amide bonds. The van der Waals surface area contributed by atoms with E-state index in [0.717, 1.165) is 22.9 Å². The normalized spacial score (nSPS) is 20.1. The van der Waals surface area contributed by atoms with Crippen LogP contribution < -0.4 is 14.8 Å². The van der Waals surface area contributed by atoms with Gasteiger partial charge in [0, 0.05) is 30.7 Å². The van der Waals surface area contributed by atoms with Crippen molar-refractivity contribution >= 4 is 25.7 Å². The molecular formula is C20H27N3O4S2. The summed E-state index contributed by atoms with van der Waals surface area (Å²) in [6, 6.07) is 15.0. The first-order chi connectivity index (χ1) is 13.5. The lowest BCUT2D eigenvalue weighted by Crippen LogP contribution is -2.42. The third kappa shape index (κ3) is 5.57. The lowest BCUT2D eigenvalue weighted by atomic mass is 9.93. The molecule has 0 spiro atoms. The van der Waals surface area contributed by atoms with E-state index in [0.29, 0.717) is 18.8 Å². The van der Waals surface area contributed by atoms with Gasteiger partial charge >= 0.3 is 0 Å². The Bertz CT molecular complexity index is 1070. The van der Waals surface area contributed by atoms with Crippen molar-refractivity contribution in [2.24, 2.45) is 0 Å². The highest BCUT2D eigenvalue weighted by molar-refractivity contribution is 7.92. The van der Waals surface area contributed by atoms with Crippen LogP contribution in [0.3, 0.4) is 0 Å². The molecule has 0 aliphatic carbocycles. The van der Waals surface area contributed by atoms with Gasteiger partial charge in [-0.1, -0.05) is 36.4 Å². The molecule has 2 aromatic rings. The molecule has 3 N–H and O–H groups in total. The highest BCUT2D eigenvalue weighted by atomic mass is 32.2. The van der Waals surface area contributed by atoms with Gasteiger partial charge in [0.2, 0.25) is 20.0 Å². The number of sulfonamides is 2. The minimum absolute atomic E-state index is 0.0517. The van der Waals surface area contributed by atoms with E-state index < -0.39 is 25.3 Å². The van der Waals surface area contributed by atoms with Crippen LogP contribution in [0, 0.1) is 0 Å². The van der Waals surface area contributed by atoms with Crippen molar-refractivity contribution in [1.82, 2.24) is 10.0 Å². The van der Waals surface area contributed by atoms with E-state index in [9.17, 15) is 16.8 Å². The zero-order valence-electron chi connectivity index (χ0n) is 16.7. The van der Waals surface area contributed by atoms with Crippen molar-refractivity contribution in [2.75, 3.05) is 24.1 Å².